The lowest BCUT2D eigenvalue weighted by Gasteiger charge is -2.19. The van der Waals surface area contributed by atoms with Gasteiger partial charge in [-0.05, 0) is 36.0 Å². The fourth-order valence-corrected chi connectivity index (χ4v) is 3.30. The molecule has 1 nitrogen and oxygen atoms in total. The molecule has 0 heterocycles. The molecule has 11 heavy (non-hydrogen) atoms. The molecule has 1 heteroatoms. The van der Waals surface area contributed by atoms with Crippen molar-refractivity contribution in [3.8, 4) is 0 Å². The van der Waals surface area contributed by atoms with E-state index in [0.717, 1.165) is 12.3 Å². The lowest BCUT2D eigenvalue weighted by atomic mass is 9.86. The minimum absolute atomic E-state index is 0.00935. The summed E-state index contributed by atoms with van der Waals surface area (Å²) in [7, 11) is 0. The summed E-state index contributed by atoms with van der Waals surface area (Å²) in [4.78, 5) is 0. The van der Waals surface area contributed by atoms with E-state index >= 15 is 0 Å². The highest BCUT2D eigenvalue weighted by Crippen LogP contribution is 2.76. The second kappa shape index (κ2) is 1.82. The van der Waals surface area contributed by atoms with Gasteiger partial charge in [-0.1, -0.05) is 20.8 Å². The van der Waals surface area contributed by atoms with E-state index in [4.69, 9.17) is 0 Å². The highest BCUT2D eigenvalue weighted by atomic mass is 16.3. The molecule has 0 unspecified atom stereocenters. The molecule has 0 bridgehead atoms. The zero-order valence-corrected chi connectivity index (χ0v) is 7.72. The Morgan fingerprint density at radius 1 is 1.45 bits per heavy atom. The molecule has 2 aliphatic rings. The monoisotopic (exact) mass is 154 g/mol. The van der Waals surface area contributed by atoms with Gasteiger partial charge < -0.3 is 5.11 Å². The van der Waals surface area contributed by atoms with Crippen molar-refractivity contribution in [2.45, 2.75) is 46.1 Å². The van der Waals surface area contributed by atoms with Gasteiger partial charge in [0.15, 0.2) is 0 Å². The quantitative estimate of drug-likeness (QED) is 0.614. The molecule has 2 aliphatic carbocycles. The van der Waals surface area contributed by atoms with Gasteiger partial charge in [-0.25, -0.2) is 0 Å². The minimum Gasteiger partial charge on any atom is -0.393 e. The molecule has 2 saturated carbocycles. The first-order valence-electron chi connectivity index (χ1n) is 4.71. The van der Waals surface area contributed by atoms with E-state index in [1.54, 1.807) is 0 Å². The molecule has 3 atom stereocenters. The Bertz CT molecular complexity index is 183. The van der Waals surface area contributed by atoms with Gasteiger partial charge in [0, 0.05) is 0 Å². The summed E-state index contributed by atoms with van der Waals surface area (Å²) < 4.78 is 0. The number of fused-ring (bicyclic) bond motifs is 1. The van der Waals surface area contributed by atoms with Crippen LogP contribution in [0.2, 0.25) is 0 Å². The highest BCUT2D eigenvalue weighted by molar-refractivity contribution is 5.20. The SMILES string of the molecule is CC(C)[C@@]12CC[C@H](O)[C@]1(C)C2. The Morgan fingerprint density at radius 3 is 2.27 bits per heavy atom. The fourth-order valence-electron chi connectivity index (χ4n) is 3.30. The highest BCUT2D eigenvalue weighted by Gasteiger charge is 2.71. The molecule has 0 aromatic carbocycles. The van der Waals surface area contributed by atoms with Crippen molar-refractivity contribution >= 4 is 0 Å². The van der Waals surface area contributed by atoms with Crippen molar-refractivity contribution in [1.82, 2.24) is 0 Å². The Kier molecular flexibility index (Phi) is 1.26. The van der Waals surface area contributed by atoms with E-state index in [9.17, 15) is 5.11 Å². The third-order valence-corrected chi connectivity index (χ3v) is 4.40. The van der Waals surface area contributed by atoms with Crippen molar-refractivity contribution in [1.29, 1.82) is 0 Å². The summed E-state index contributed by atoms with van der Waals surface area (Å²) in [6, 6.07) is 0. The number of aliphatic hydroxyl groups is 1. The summed E-state index contributed by atoms with van der Waals surface area (Å²) in [6.45, 7) is 6.84. The molecule has 64 valence electrons. The van der Waals surface area contributed by atoms with E-state index in [1.165, 1.54) is 12.8 Å². The van der Waals surface area contributed by atoms with Gasteiger partial charge in [0.2, 0.25) is 0 Å². The van der Waals surface area contributed by atoms with Crippen molar-refractivity contribution in [2.75, 3.05) is 0 Å². The first kappa shape index (κ1) is 7.60. The number of rotatable bonds is 1. The van der Waals surface area contributed by atoms with Crippen LogP contribution >= 0.6 is 0 Å². The van der Waals surface area contributed by atoms with Gasteiger partial charge in [0.05, 0.1) is 6.10 Å². The zero-order chi connectivity index (χ0) is 8.28. The molecule has 2 rings (SSSR count). The maximum Gasteiger partial charge on any atom is 0.0599 e. The predicted molar refractivity (Wildman–Crippen MR) is 45.2 cm³/mol. The second-order valence-corrected chi connectivity index (χ2v) is 4.96. The summed E-state index contributed by atoms with van der Waals surface area (Å²) in [6.07, 6.45) is 3.54. The van der Waals surface area contributed by atoms with Gasteiger partial charge in [-0.15, -0.1) is 0 Å². The van der Waals surface area contributed by atoms with Gasteiger partial charge in [-0.3, -0.25) is 0 Å². The summed E-state index contributed by atoms with van der Waals surface area (Å²) in [5.41, 5.74) is 0.813. The van der Waals surface area contributed by atoms with E-state index in [2.05, 4.69) is 20.8 Å². The Hall–Kier alpha value is -0.0400. The van der Waals surface area contributed by atoms with Crippen LogP contribution < -0.4 is 0 Å². The standard InChI is InChI=1S/C10H18O/c1-7(2)10-5-4-8(11)9(10,3)6-10/h7-8,11H,4-6H2,1-3H3/t8-,9-,10-/m0/s1. The third kappa shape index (κ3) is 0.658. The van der Waals surface area contributed by atoms with Gasteiger partial charge in [0.1, 0.15) is 0 Å². The molecule has 0 radical (unpaired) electrons. The molecule has 0 amide bonds. The summed E-state index contributed by atoms with van der Waals surface area (Å²) in [5.74, 6) is 0.754. The molecule has 0 spiro atoms. The molecule has 1 N–H and O–H groups in total. The normalized spacial score (nSPS) is 54.8. The van der Waals surface area contributed by atoms with Crippen molar-refractivity contribution < 1.29 is 5.11 Å². The van der Waals surface area contributed by atoms with Crippen molar-refractivity contribution in [2.24, 2.45) is 16.7 Å². The Balaban J connectivity index is 2.23. The van der Waals surface area contributed by atoms with Gasteiger partial charge in [-0.2, -0.15) is 0 Å². The average molecular weight is 154 g/mol. The van der Waals surface area contributed by atoms with Crippen LogP contribution in [0.15, 0.2) is 0 Å². The molecule has 0 aromatic heterocycles. The second-order valence-electron chi connectivity index (χ2n) is 4.96. The van der Waals surface area contributed by atoms with E-state index in [0.29, 0.717) is 10.8 Å². The molecule has 0 aromatic rings. The fraction of sp³-hybridized carbons (Fsp3) is 1.00. The van der Waals surface area contributed by atoms with Crippen LogP contribution in [0.25, 0.3) is 0 Å². The zero-order valence-electron chi connectivity index (χ0n) is 7.72. The lowest BCUT2D eigenvalue weighted by molar-refractivity contribution is 0.105. The maximum absolute atomic E-state index is 9.71. The molecule has 0 saturated heterocycles. The van der Waals surface area contributed by atoms with Crippen molar-refractivity contribution in [3.05, 3.63) is 0 Å². The third-order valence-electron chi connectivity index (χ3n) is 4.40. The van der Waals surface area contributed by atoms with Crippen LogP contribution in [0.3, 0.4) is 0 Å². The molecule has 0 aliphatic heterocycles. The number of hydrogen-bond acceptors (Lipinski definition) is 1. The number of aliphatic hydroxyl groups excluding tert-OH is 1. The smallest absolute Gasteiger partial charge is 0.0599 e. The topological polar surface area (TPSA) is 20.2 Å². The van der Waals surface area contributed by atoms with Crippen LogP contribution in [0.5, 0.6) is 0 Å². The van der Waals surface area contributed by atoms with Crippen LogP contribution in [0, 0.1) is 16.7 Å². The summed E-state index contributed by atoms with van der Waals surface area (Å²) in [5, 5.41) is 9.71. The van der Waals surface area contributed by atoms with Crippen LogP contribution in [-0.4, -0.2) is 11.2 Å². The lowest BCUT2D eigenvalue weighted by Crippen LogP contribution is -2.19. The van der Waals surface area contributed by atoms with E-state index in [1.807, 2.05) is 0 Å². The van der Waals surface area contributed by atoms with Gasteiger partial charge >= 0.3 is 0 Å². The molecular formula is C10H18O. The number of hydrogen-bond donors (Lipinski definition) is 1. The van der Waals surface area contributed by atoms with E-state index < -0.39 is 0 Å². The largest absolute Gasteiger partial charge is 0.393 e. The average Bonchev–Trinajstić information content (AvgIpc) is 2.47. The van der Waals surface area contributed by atoms with Crippen LogP contribution in [-0.2, 0) is 0 Å². The van der Waals surface area contributed by atoms with Crippen LogP contribution in [0.4, 0.5) is 0 Å². The maximum atomic E-state index is 9.71. The molecular weight excluding hydrogens is 136 g/mol. The van der Waals surface area contributed by atoms with Crippen molar-refractivity contribution in [3.63, 3.8) is 0 Å². The Morgan fingerprint density at radius 2 is 2.09 bits per heavy atom. The predicted octanol–water partition coefficient (Wildman–Crippen LogP) is 2.19. The van der Waals surface area contributed by atoms with Gasteiger partial charge in [0.25, 0.3) is 0 Å². The first-order chi connectivity index (χ1) is 5.03. The molecule has 2 fully saturated rings. The summed E-state index contributed by atoms with van der Waals surface area (Å²) >= 11 is 0. The van der Waals surface area contributed by atoms with Crippen LogP contribution in [0.1, 0.15) is 40.0 Å². The van der Waals surface area contributed by atoms with E-state index in [-0.39, 0.29) is 6.10 Å². The Labute approximate surface area is 68.8 Å². The first-order valence-corrected chi connectivity index (χ1v) is 4.71. The minimum atomic E-state index is -0.00935.